The number of aliphatic carboxylic acids is 2. The van der Waals surface area contributed by atoms with Crippen LogP contribution in [0.2, 0.25) is 0 Å². The monoisotopic (exact) mass is 610 g/mol. The van der Waals surface area contributed by atoms with Crippen molar-refractivity contribution in [3.63, 3.8) is 0 Å². The van der Waals surface area contributed by atoms with Gasteiger partial charge in [-0.1, -0.05) is 48.5 Å². The molecular formula is C31H42N6O7. The Labute approximate surface area is 256 Å². The minimum atomic E-state index is -1.13. The van der Waals surface area contributed by atoms with Crippen LogP contribution < -0.4 is 22.1 Å². The largest absolute Gasteiger partial charge is 0.480 e. The lowest BCUT2D eigenvalue weighted by Crippen LogP contribution is -2.56. The normalized spacial score (nSPS) is 20.4. The van der Waals surface area contributed by atoms with Crippen LogP contribution in [0, 0.1) is 0 Å². The lowest BCUT2D eigenvalue weighted by molar-refractivity contribution is -0.139. The Bertz CT molecular complexity index is 1240. The highest BCUT2D eigenvalue weighted by atomic mass is 16.4. The van der Waals surface area contributed by atoms with Crippen LogP contribution in [0.1, 0.15) is 35.1 Å². The quantitative estimate of drug-likeness (QED) is 0.138. The van der Waals surface area contributed by atoms with Crippen molar-refractivity contribution < 1.29 is 34.5 Å². The number of hydrogen-bond donors (Lipinski definition) is 7. The summed E-state index contributed by atoms with van der Waals surface area (Å²) in [6.45, 7) is 1.44. The van der Waals surface area contributed by atoms with Gasteiger partial charge in [-0.25, -0.2) is 0 Å². The van der Waals surface area contributed by atoms with Crippen molar-refractivity contribution in [2.75, 3.05) is 26.2 Å². The van der Waals surface area contributed by atoms with E-state index in [2.05, 4.69) is 10.6 Å². The summed E-state index contributed by atoms with van der Waals surface area (Å²) in [5.74, 6) is -2.81. The molecule has 5 atom stereocenters. The molecule has 238 valence electrons. The molecule has 0 bridgehead atoms. The van der Waals surface area contributed by atoms with E-state index >= 15 is 0 Å². The standard InChI is InChI=1S/C31H42N6O7/c32-24(30(41)42)9-11-34-28(39)26-13-19-5-1-3-7-21(19)15-36(26)17-23(38)18-37-16-22-8-4-2-6-20(22)14-27(37)29(40)35-12-10-25(33)31(43)44/h1-8,23-27,38H,9-18,32-33H2,(H,34,39)(H,35,40)(H,41,42)(H,43,44)/t23?,24-,25+,26?,27?. The molecule has 0 saturated heterocycles. The van der Waals surface area contributed by atoms with Gasteiger partial charge < -0.3 is 37.4 Å². The van der Waals surface area contributed by atoms with Gasteiger partial charge in [0, 0.05) is 39.3 Å². The minimum absolute atomic E-state index is 0.0924. The summed E-state index contributed by atoms with van der Waals surface area (Å²) in [6.07, 6.45) is 0.141. The number of benzene rings is 2. The van der Waals surface area contributed by atoms with Gasteiger partial charge in [0.15, 0.2) is 0 Å². The third-order valence-electron chi connectivity index (χ3n) is 8.33. The molecule has 0 aromatic heterocycles. The molecule has 3 unspecified atom stereocenters. The van der Waals surface area contributed by atoms with Crippen molar-refractivity contribution in [2.45, 2.75) is 69.0 Å². The molecule has 2 amide bonds. The van der Waals surface area contributed by atoms with Crippen LogP contribution in [0.15, 0.2) is 48.5 Å². The second-order valence-corrected chi connectivity index (χ2v) is 11.5. The van der Waals surface area contributed by atoms with E-state index in [0.717, 1.165) is 22.3 Å². The number of rotatable bonds is 14. The van der Waals surface area contributed by atoms with Crippen LogP contribution in [0.5, 0.6) is 0 Å². The Balaban J connectivity index is 1.44. The van der Waals surface area contributed by atoms with E-state index in [4.69, 9.17) is 21.7 Å². The van der Waals surface area contributed by atoms with Crippen molar-refractivity contribution in [1.29, 1.82) is 0 Å². The van der Waals surface area contributed by atoms with E-state index in [9.17, 15) is 24.3 Å². The Morgan fingerprint density at radius 2 is 1.07 bits per heavy atom. The number of fused-ring (bicyclic) bond motifs is 2. The first-order valence-electron chi connectivity index (χ1n) is 14.9. The zero-order valence-corrected chi connectivity index (χ0v) is 24.6. The molecular weight excluding hydrogens is 568 g/mol. The molecule has 2 heterocycles. The van der Waals surface area contributed by atoms with Crippen LogP contribution in [0.25, 0.3) is 0 Å². The lowest BCUT2D eigenvalue weighted by Gasteiger charge is -2.40. The number of aliphatic hydroxyl groups is 1. The summed E-state index contributed by atoms with van der Waals surface area (Å²) in [4.78, 5) is 52.5. The average Bonchev–Trinajstić information content (AvgIpc) is 2.99. The first-order valence-corrected chi connectivity index (χ1v) is 14.9. The second-order valence-electron chi connectivity index (χ2n) is 11.5. The molecule has 2 aromatic rings. The molecule has 9 N–H and O–H groups in total. The maximum absolute atomic E-state index is 13.3. The smallest absolute Gasteiger partial charge is 0.320 e. The highest BCUT2D eigenvalue weighted by Gasteiger charge is 2.36. The van der Waals surface area contributed by atoms with E-state index in [1.54, 1.807) is 0 Å². The summed E-state index contributed by atoms with van der Waals surface area (Å²) in [5.41, 5.74) is 15.3. The number of carbonyl (C=O) groups excluding carboxylic acids is 2. The zero-order valence-electron chi connectivity index (χ0n) is 24.6. The molecule has 2 aromatic carbocycles. The second kappa shape index (κ2) is 15.2. The van der Waals surface area contributed by atoms with Crippen molar-refractivity contribution >= 4 is 23.8 Å². The maximum atomic E-state index is 13.3. The Morgan fingerprint density at radius 3 is 1.43 bits per heavy atom. The molecule has 13 heteroatoms. The molecule has 0 radical (unpaired) electrons. The average molecular weight is 611 g/mol. The molecule has 2 aliphatic heterocycles. The van der Waals surface area contributed by atoms with Crippen LogP contribution in [0.3, 0.4) is 0 Å². The highest BCUT2D eigenvalue weighted by molar-refractivity contribution is 5.83. The Kier molecular flexibility index (Phi) is 11.4. The van der Waals surface area contributed by atoms with Gasteiger partial charge in [0.05, 0.1) is 18.2 Å². The van der Waals surface area contributed by atoms with Gasteiger partial charge in [0.1, 0.15) is 12.1 Å². The SMILES string of the molecule is N[C@H](CCNC(=O)C1Cc2ccccc2CN1CC(O)CN1Cc2ccccc2CC1C(=O)NCC[C@H](N)C(=O)O)C(=O)O. The molecule has 0 saturated carbocycles. The van der Waals surface area contributed by atoms with Crippen LogP contribution in [0.4, 0.5) is 0 Å². The van der Waals surface area contributed by atoms with E-state index < -0.39 is 42.2 Å². The Hall–Kier alpha value is -3.88. The molecule has 0 fully saturated rings. The first kappa shape index (κ1) is 33.0. The number of nitrogens with one attached hydrogen (secondary N) is 2. The molecule has 0 aliphatic carbocycles. The lowest BCUT2D eigenvalue weighted by atomic mass is 9.92. The highest BCUT2D eigenvalue weighted by Crippen LogP contribution is 2.26. The number of aliphatic hydroxyl groups excluding tert-OH is 1. The predicted molar refractivity (Wildman–Crippen MR) is 161 cm³/mol. The molecule has 13 nitrogen and oxygen atoms in total. The fourth-order valence-electron chi connectivity index (χ4n) is 5.84. The summed E-state index contributed by atoms with van der Waals surface area (Å²) in [5, 5.41) is 35.1. The van der Waals surface area contributed by atoms with E-state index in [0.29, 0.717) is 25.9 Å². The van der Waals surface area contributed by atoms with E-state index in [1.165, 1.54) is 0 Å². The summed E-state index contributed by atoms with van der Waals surface area (Å²) in [6, 6.07) is 12.3. The number of carboxylic acids is 2. The number of amides is 2. The van der Waals surface area contributed by atoms with Crippen LogP contribution in [-0.2, 0) is 45.1 Å². The topological polar surface area (TPSA) is 212 Å². The van der Waals surface area contributed by atoms with Crippen molar-refractivity contribution in [2.24, 2.45) is 11.5 Å². The fraction of sp³-hybridized carbons (Fsp3) is 0.484. The number of nitrogens with zero attached hydrogens (tertiary/aromatic N) is 2. The molecule has 2 aliphatic rings. The molecule has 4 rings (SSSR count). The van der Waals surface area contributed by atoms with E-state index in [1.807, 2.05) is 58.3 Å². The van der Waals surface area contributed by atoms with Crippen molar-refractivity contribution in [3.05, 3.63) is 70.8 Å². The van der Waals surface area contributed by atoms with Gasteiger partial charge in [-0.15, -0.1) is 0 Å². The molecule has 44 heavy (non-hydrogen) atoms. The maximum Gasteiger partial charge on any atom is 0.320 e. The van der Waals surface area contributed by atoms with Gasteiger partial charge in [-0.3, -0.25) is 29.0 Å². The summed E-state index contributed by atoms with van der Waals surface area (Å²) in [7, 11) is 0. The summed E-state index contributed by atoms with van der Waals surface area (Å²) < 4.78 is 0. The Morgan fingerprint density at radius 1 is 0.705 bits per heavy atom. The minimum Gasteiger partial charge on any atom is -0.480 e. The van der Waals surface area contributed by atoms with Crippen molar-refractivity contribution in [1.82, 2.24) is 20.4 Å². The predicted octanol–water partition coefficient (Wildman–Crippen LogP) is -0.962. The van der Waals surface area contributed by atoms with Gasteiger partial charge in [-0.05, 0) is 47.9 Å². The van der Waals surface area contributed by atoms with Gasteiger partial charge >= 0.3 is 11.9 Å². The third-order valence-corrected chi connectivity index (χ3v) is 8.33. The van der Waals surface area contributed by atoms with Crippen molar-refractivity contribution in [3.8, 4) is 0 Å². The number of nitrogens with two attached hydrogens (primary N) is 2. The third kappa shape index (κ3) is 8.61. The number of carbonyl (C=O) groups is 4. The summed E-state index contributed by atoms with van der Waals surface area (Å²) >= 11 is 0. The van der Waals surface area contributed by atoms with Gasteiger partial charge in [0.2, 0.25) is 11.8 Å². The molecule has 0 spiro atoms. The first-order chi connectivity index (χ1) is 21.0. The van der Waals surface area contributed by atoms with E-state index in [-0.39, 0.29) is 50.8 Å². The van der Waals surface area contributed by atoms with Gasteiger partial charge in [0.25, 0.3) is 0 Å². The number of carboxylic acid groups (broad SMARTS) is 2. The zero-order chi connectivity index (χ0) is 31.8. The fourth-order valence-corrected chi connectivity index (χ4v) is 5.84. The number of hydrogen-bond acceptors (Lipinski definition) is 9. The van der Waals surface area contributed by atoms with Gasteiger partial charge in [-0.2, -0.15) is 0 Å². The van der Waals surface area contributed by atoms with Crippen LogP contribution in [-0.4, -0.2) is 105 Å². The number of β-amino-alcohol motifs (C(OH)–C–C–N with tert-alkyl or cyclic N) is 1. The van der Waals surface area contributed by atoms with Crippen LogP contribution >= 0.6 is 0 Å².